The average molecular weight is 343 g/mol. The van der Waals surface area contributed by atoms with Gasteiger partial charge in [-0.2, -0.15) is 5.10 Å². The van der Waals surface area contributed by atoms with Crippen molar-refractivity contribution in [2.24, 2.45) is 0 Å². The lowest BCUT2D eigenvalue weighted by Gasteiger charge is -2.04. The molecule has 0 saturated heterocycles. The molecule has 0 unspecified atom stereocenters. The van der Waals surface area contributed by atoms with Gasteiger partial charge in [0, 0.05) is 15.2 Å². The molecule has 1 aromatic heterocycles. The Balaban J connectivity index is 2.16. The molecule has 0 amide bonds. The number of aromatic nitrogens is 3. The van der Waals surface area contributed by atoms with Gasteiger partial charge < -0.3 is 0 Å². The van der Waals surface area contributed by atoms with Gasteiger partial charge in [0.2, 0.25) is 0 Å². The highest BCUT2D eigenvalue weighted by atomic mass is 127. The van der Waals surface area contributed by atoms with E-state index in [0.29, 0.717) is 6.04 Å². The molecule has 3 rings (SSSR count). The topological polar surface area (TPSA) is 33.6 Å². The third-order valence-electron chi connectivity index (χ3n) is 2.70. The van der Waals surface area contributed by atoms with Crippen molar-refractivity contribution in [2.75, 3.05) is 0 Å². The average Bonchev–Trinajstić information content (AvgIpc) is 3.02. The number of hydrogen-bond donors (Lipinski definition) is 1. The number of rotatable bonds is 2. The monoisotopic (exact) mass is 343 g/mol. The summed E-state index contributed by atoms with van der Waals surface area (Å²) in [6.45, 7) is 0. The number of benzene rings is 1. The van der Waals surface area contributed by atoms with Crippen molar-refractivity contribution < 1.29 is 0 Å². The van der Waals surface area contributed by atoms with E-state index in [9.17, 15) is 0 Å². The molecule has 1 aliphatic carbocycles. The summed E-state index contributed by atoms with van der Waals surface area (Å²) in [4.78, 5) is 0. The molecular formula is C11H10IN3S. The maximum atomic E-state index is 5.26. The van der Waals surface area contributed by atoms with Crippen molar-refractivity contribution in [1.82, 2.24) is 14.8 Å². The van der Waals surface area contributed by atoms with Gasteiger partial charge in [0.25, 0.3) is 0 Å². The lowest BCUT2D eigenvalue weighted by Crippen LogP contribution is -1.97. The third kappa shape index (κ3) is 1.82. The molecule has 0 radical (unpaired) electrons. The minimum absolute atomic E-state index is 0.555. The van der Waals surface area contributed by atoms with Gasteiger partial charge >= 0.3 is 0 Å². The van der Waals surface area contributed by atoms with E-state index in [4.69, 9.17) is 12.2 Å². The van der Waals surface area contributed by atoms with Crippen LogP contribution in [0.15, 0.2) is 24.3 Å². The van der Waals surface area contributed by atoms with Gasteiger partial charge in [-0.25, -0.2) is 0 Å². The van der Waals surface area contributed by atoms with Crippen LogP contribution in [0.25, 0.3) is 11.4 Å². The fraction of sp³-hybridized carbons (Fsp3) is 0.273. The standard InChI is InChI=1S/C11H10IN3S/c12-8-3-1-2-7(6-8)10-13-14-11(16)15(10)9-4-5-9/h1-3,6,9H,4-5H2,(H,14,16). The first kappa shape index (κ1) is 10.5. The van der Waals surface area contributed by atoms with E-state index in [1.807, 2.05) is 6.07 Å². The summed E-state index contributed by atoms with van der Waals surface area (Å²) in [7, 11) is 0. The predicted molar refractivity (Wildman–Crippen MR) is 73.8 cm³/mol. The second-order valence-corrected chi connectivity index (χ2v) is 5.60. The summed E-state index contributed by atoms with van der Waals surface area (Å²) in [6.07, 6.45) is 2.43. The minimum Gasteiger partial charge on any atom is -0.297 e. The molecule has 16 heavy (non-hydrogen) atoms. The van der Waals surface area contributed by atoms with E-state index in [0.717, 1.165) is 16.2 Å². The van der Waals surface area contributed by atoms with Gasteiger partial charge in [0.1, 0.15) is 0 Å². The highest BCUT2D eigenvalue weighted by molar-refractivity contribution is 14.1. The Labute approximate surface area is 112 Å². The summed E-state index contributed by atoms with van der Waals surface area (Å²) >= 11 is 7.58. The zero-order valence-electron chi connectivity index (χ0n) is 8.48. The molecule has 82 valence electrons. The number of H-pyrrole nitrogens is 1. The Morgan fingerprint density at radius 2 is 2.25 bits per heavy atom. The maximum absolute atomic E-state index is 5.26. The lowest BCUT2D eigenvalue weighted by atomic mass is 10.2. The van der Waals surface area contributed by atoms with E-state index in [1.54, 1.807) is 0 Å². The molecule has 0 bridgehead atoms. The van der Waals surface area contributed by atoms with Crippen LogP contribution in [0.1, 0.15) is 18.9 Å². The Kier molecular flexibility index (Phi) is 2.59. The van der Waals surface area contributed by atoms with Gasteiger partial charge in [-0.1, -0.05) is 12.1 Å². The van der Waals surface area contributed by atoms with Crippen molar-refractivity contribution in [1.29, 1.82) is 0 Å². The van der Waals surface area contributed by atoms with Crippen molar-refractivity contribution in [3.63, 3.8) is 0 Å². The maximum Gasteiger partial charge on any atom is 0.195 e. The second-order valence-electron chi connectivity index (χ2n) is 3.96. The zero-order chi connectivity index (χ0) is 11.1. The van der Waals surface area contributed by atoms with Crippen LogP contribution < -0.4 is 0 Å². The SMILES string of the molecule is S=c1[nH]nc(-c2cccc(I)c2)n1C1CC1. The Hall–Kier alpha value is -0.690. The van der Waals surface area contributed by atoms with Crippen LogP contribution >= 0.6 is 34.8 Å². The van der Waals surface area contributed by atoms with E-state index in [1.165, 1.54) is 16.4 Å². The predicted octanol–water partition coefficient (Wildman–Crippen LogP) is 3.55. The second kappa shape index (κ2) is 3.96. The quantitative estimate of drug-likeness (QED) is 0.668. The first-order valence-corrected chi connectivity index (χ1v) is 6.67. The zero-order valence-corrected chi connectivity index (χ0v) is 11.5. The number of hydrogen-bond acceptors (Lipinski definition) is 2. The Morgan fingerprint density at radius 3 is 2.94 bits per heavy atom. The van der Waals surface area contributed by atoms with Crippen LogP contribution in [-0.4, -0.2) is 14.8 Å². The molecule has 1 heterocycles. The lowest BCUT2D eigenvalue weighted by molar-refractivity contribution is 0.735. The van der Waals surface area contributed by atoms with Crippen LogP contribution in [-0.2, 0) is 0 Å². The summed E-state index contributed by atoms with van der Waals surface area (Å²) in [6, 6.07) is 8.88. The first-order chi connectivity index (χ1) is 7.75. The van der Waals surface area contributed by atoms with Gasteiger partial charge in [0.05, 0.1) is 0 Å². The Morgan fingerprint density at radius 1 is 1.44 bits per heavy atom. The molecule has 5 heteroatoms. The van der Waals surface area contributed by atoms with E-state index < -0.39 is 0 Å². The van der Waals surface area contributed by atoms with Crippen molar-refractivity contribution in [2.45, 2.75) is 18.9 Å². The summed E-state index contributed by atoms with van der Waals surface area (Å²) < 4.78 is 4.09. The summed E-state index contributed by atoms with van der Waals surface area (Å²) in [5.74, 6) is 0.964. The summed E-state index contributed by atoms with van der Waals surface area (Å²) in [5, 5.41) is 7.22. The number of nitrogens with one attached hydrogen (secondary N) is 1. The fourth-order valence-corrected chi connectivity index (χ4v) is 2.63. The molecule has 0 atom stereocenters. The molecule has 1 aromatic carbocycles. The molecule has 1 aliphatic rings. The van der Waals surface area contributed by atoms with E-state index in [-0.39, 0.29) is 0 Å². The van der Waals surface area contributed by atoms with Gasteiger partial charge in [-0.15, -0.1) is 0 Å². The van der Waals surface area contributed by atoms with Crippen LogP contribution in [0.5, 0.6) is 0 Å². The normalized spacial score (nSPS) is 15.3. The summed E-state index contributed by atoms with van der Waals surface area (Å²) in [5.41, 5.74) is 1.13. The molecule has 2 aromatic rings. The van der Waals surface area contributed by atoms with Crippen LogP contribution in [0.3, 0.4) is 0 Å². The van der Waals surface area contributed by atoms with Crippen molar-refractivity contribution in [3.05, 3.63) is 32.6 Å². The Bertz CT molecular complexity index is 583. The molecule has 1 saturated carbocycles. The number of halogens is 1. The molecule has 0 aliphatic heterocycles. The number of aromatic amines is 1. The minimum atomic E-state index is 0.555. The molecule has 1 N–H and O–H groups in total. The number of nitrogens with zero attached hydrogens (tertiary/aromatic N) is 2. The fourth-order valence-electron chi connectivity index (χ4n) is 1.81. The largest absolute Gasteiger partial charge is 0.297 e. The smallest absolute Gasteiger partial charge is 0.195 e. The van der Waals surface area contributed by atoms with E-state index in [2.05, 4.69) is 55.6 Å². The highest BCUT2D eigenvalue weighted by Crippen LogP contribution is 2.38. The molecule has 3 nitrogen and oxygen atoms in total. The molecule has 1 fully saturated rings. The van der Waals surface area contributed by atoms with Gasteiger partial charge in [0.15, 0.2) is 10.6 Å². The first-order valence-electron chi connectivity index (χ1n) is 5.18. The highest BCUT2D eigenvalue weighted by Gasteiger charge is 2.27. The molecular weight excluding hydrogens is 333 g/mol. The van der Waals surface area contributed by atoms with Crippen molar-refractivity contribution in [3.8, 4) is 11.4 Å². The van der Waals surface area contributed by atoms with Crippen LogP contribution in [0.4, 0.5) is 0 Å². The van der Waals surface area contributed by atoms with E-state index >= 15 is 0 Å². The van der Waals surface area contributed by atoms with Crippen molar-refractivity contribution >= 4 is 34.8 Å². The van der Waals surface area contributed by atoms with Gasteiger partial charge in [-0.3, -0.25) is 9.67 Å². The third-order valence-corrected chi connectivity index (χ3v) is 3.66. The van der Waals surface area contributed by atoms with Gasteiger partial charge in [-0.05, 0) is 59.8 Å². The van der Waals surface area contributed by atoms with Crippen LogP contribution in [0.2, 0.25) is 0 Å². The molecule has 0 spiro atoms. The van der Waals surface area contributed by atoms with Crippen LogP contribution in [0, 0.1) is 8.34 Å².